The Morgan fingerprint density at radius 1 is 0.848 bits per heavy atom. The van der Waals surface area contributed by atoms with Crippen LogP contribution in [0.3, 0.4) is 0 Å². The molecule has 2 N–H and O–H groups in total. The minimum atomic E-state index is -0.571. The summed E-state index contributed by atoms with van der Waals surface area (Å²) in [4.78, 5) is 12.6. The van der Waals surface area contributed by atoms with E-state index in [9.17, 15) is 15.0 Å². The molecule has 9 atom stereocenters. The zero-order valence-corrected chi connectivity index (χ0v) is 22.2. The molecular formula is C30H48O3. The van der Waals surface area contributed by atoms with E-state index in [1.807, 2.05) is 0 Å². The largest absolute Gasteiger partial charge is 0.481 e. The molecule has 0 heterocycles. The number of aliphatic hydroxyl groups excluding tert-OH is 1. The smallest absolute Gasteiger partial charge is 0.307 e. The number of rotatable bonds is 1. The van der Waals surface area contributed by atoms with Gasteiger partial charge in [0.25, 0.3) is 0 Å². The molecule has 0 radical (unpaired) electrons. The second-order valence-corrected chi connectivity index (χ2v) is 14.9. The molecule has 5 aliphatic rings. The zero-order valence-electron chi connectivity index (χ0n) is 22.2. The highest BCUT2D eigenvalue weighted by molar-refractivity contribution is 5.71. The van der Waals surface area contributed by atoms with Gasteiger partial charge in [0.15, 0.2) is 0 Å². The van der Waals surface area contributed by atoms with Gasteiger partial charge >= 0.3 is 5.97 Å². The monoisotopic (exact) mass is 456 g/mol. The molecule has 3 nitrogen and oxygen atoms in total. The Morgan fingerprint density at radius 2 is 1.55 bits per heavy atom. The van der Waals surface area contributed by atoms with E-state index in [1.54, 1.807) is 0 Å². The standard InChI is InChI=1S/C30H48O3/c1-26(2)13-10-18-19(16-26)21-8-9-23-28(5)14-12-24(31)27(3,4)22(28)11-15-29(23,6)30(21,7)17-20(18)25(32)33/h16,18,20-24,31H,8-15,17H2,1-7H3,(H,32,33)/t18?,20-,21+,22-,23+,24-,28-,29+,30+/m0/s1. The molecule has 0 bridgehead atoms. The van der Waals surface area contributed by atoms with E-state index in [0.29, 0.717) is 17.8 Å². The lowest BCUT2D eigenvalue weighted by atomic mass is 9.32. The van der Waals surface area contributed by atoms with Crippen LogP contribution in [0.25, 0.3) is 0 Å². The average Bonchev–Trinajstić information content (AvgIpc) is 2.70. The minimum absolute atomic E-state index is 0.0307. The third-order valence-electron chi connectivity index (χ3n) is 12.8. The Hall–Kier alpha value is -0.830. The van der Waals surface area contributed by atoms with Gasteiger partial charge in [-0.25, -0.2) is 0 Å². The number of hydrogen-bond donors (Lipinski definition) is 2. The first-order valence-electron chi connectivity index (χ1n) is 13.8. The molecule has 0 amide bonds. The second-order valence-electron chi connectivity index (χ2n) is 14.9. The summed E-state index contributed by atoms with van der Waals surface area (Å²) in [6.45, 7) is 16.9. The Labute approximate surface area is 201 Å². The molecule has 3 heteroatoms. The lowest BCUT2D eigenvalue weighted by Crippen LogP contribution is -2.66. The first kappa shape index (κ1) is 23.9. The minimum Gasteiger partial charge on any atom is -0.481 e. The summed E-state index contributed by atoms with van der Waals surface area (Å²) >= 11 is 0. The van der Waals surface area contributed by atoms with E-state index in [-0.39, 0.29) is 45.0 Å². The molecular weight excluding hydrogens is 408 g/mol. The normalized spacial score (nSPS) is 52.4. The summed E-state index contributed by atoms with van der Waals surface area (Å²) in [6.07, 6.45) is 12.1. The van der Waals surface area contributed by atoms with Crippen LogP contribution in [-0.2, 0) is 4.79 Å². The molecule has 4 saturated carbocycles. The number of allylic oxidation sites excluding steroid dienone is 2. The number of carboxylic acids is 1. The van der Waals surface area contributed by atoms with Gasteiger partial charge < -0.3 is 10.2 Å². The van der Waals surface area contributed by atoms with Gasteiger partial charge in [-0.1, -0.05) is 60.1 Å². The van der Waals surface area contributed by atoms with E-state index in [0.717, 1.165) is 32.1 Å². The van der Waals surface area contributed by atoms with Gasteiger partial charge in [-0.05, 0) is 109 Å². The van der Waals surface area contributed by atoms with Crippen molar-refractivity contribution in [1.29, 1.82) is 0 Å². The fourth-order valence-electron chi connectivity index (χ4n) is 10.8. The third-order valence-corrected chi connectivity index (χ3v) is 12.8. The topological polar surface area (TPSA) is 57.5 Å². The molecule has 0 aliphatic heterocycles. The van der Waals surface area contributed by atoms with Crippen molar-refractivity contribution >= 4 is 5.97 Å². The van der Waals surface area contributed by atoms with E-state index in [4.69, 9.17) is 0 Å². The molecule has 0 saturated heterocycles. The van der Waals surface area contributed by atoms with Crippen molar-refractivity contribution in [2.45, 2.75) is 112 Å². The van der Waals surface area contributed by atoms with E-state index in [2.05, 4.69) is 54.5 Å². The van der Waals surface area contributed by atoms with Crippen molar-refractivity contribution in [3.8, 4) is 0 Å². The molecule has 0 spiro atoms. The third kappa shape index (κ3) is 3.06. The fraction of sp³-hybridized carbons (Fsp3) is 0.900. The molecule has 0 aromatic rings. The van der Waals surface area contributed by atoms with E-state index < -0.39 is 5.97 Å². The summed E-state index contributed by atoms with van der Waals surface area (Å²) in [5.74, 6) is 1.12. The van der Waals surface area contributed by atoms with Crippen molar-refractivity contribution in [2.75, 3.05) is 0 Å². The van der Waals surface area contributed by atoms with Crippen LogP contribution in [0.15, 0.2) is 11.6 Å². The SMILES string of the molecule is CC1(C)C=C2C(CC1)[C@@H](C(=O)O)C[C@]1(C)[C@@H]2CC[C@@H]2[C@@]3(C)CC[C@H](O)C(C)(C)[C@@H]3CC[C@]21C. The van der Waals surface area contributed by atoms with Crippen LogP contribution >= 0.6 is 0 Å². The van der Waals surface area contributed by atoms with Crippen LogP contribution in [-0.4, -0.2) is 22.3 Å². The van der Waals surface area contributed by atoms with Gasteiger partial charge in [-0.3, -0.25) is 4.79 Å². The van der Waals surface area contributed by atoms with Crippen molar-refractivity contribution in [2.24, 2.45) is 56.7 Å². The fourth-order valence-corrected chi connectivity index (χ4v) is 10.8. The summed E-state index contributed by atoms with van der Waals surface area (Å²) in [5, 5.41) is 21.3. The highest BCUT2D eigenvalue weighted by Gasteiger charge is 2.69. The van der Waals surface area contributed by atoms with E-state index in [1.165, 1.54) is 31.3 Å². The van der Waals surface area contributed by atoms with Crippen LogP contribution in [0.2, 0.25) is 0 Å². The Kier molecular flexibility index (Phi) is 5.15. The van der Waals surface area contributed by atoms with Crippen molar-refractivity contribution < 1.29 is 15.0 Å². The Balaban J connectivity index is 1.60. The van der Waals surface area contributed by atoms with Crippen LogP contribution in [0.4, 0.5) is 0 Å². The van der Waals surface area contributed by atoms with Gasteiger partial charge in [0.05, 0.1) is 12.0 Å². The highest BCUT2D eigenvalue weighted by Crippen LogP contribution is 2.75. The summed E-state index contributed by atoms with van der Waals surface area (Å²) in [5.41, 5.74) is 2.07. The van der Waals surface area contributed by atoms with Crippen molar-refractivity contribution in [3.05, 3.63) is 11.6 Å². The maximum absolute atomic E-state index is 12.6. The number of hydrogen-bond acceptors (Lipinski definition) is 2. The zero-order chi connectivity index (χ0) is 24.2. The quantitative estimate of drug-likeness (QED) is 0.414. The average molecular weight is 457 g/mol. The highest BCUT2D eigenvalue weighted by atomic mass is 16.4. The summed E-state index contributed by atoms with van der Waals surface area (Å²) in [7, 11) is 0. The molecule has 1 unspecified atom stereocenters. The number of aliphatic carboxylic acids is 1. The molecule has 5 aliphatic carbocycles. The van der Waals surface area contributed by atoms with Crippen LogP contribution in [0.5, 0.6) is 0 Å². The summed E-state index contributed by atoms with van der Waals surface area (Å²) in [6, 6.07) is 0. The number of carboxylic acid groups (broad SMARTS) is 1. The molecule has 33 heavy (non-hydrogen) atoms. The van der Waals surface area contributed by atoms with Crippen LogP contribution in [0, 0.1) is 56.7 Å². The lowest BCUT2D eigenvalue weighted by molar-refractivity contribution is -0.231. The second kappa shape index (κ2) is 7.11. The first-order valence-corrected chi connectivity index (χ1v) is 13.8. The van der Waals surface area contributed by atoms with Gasteiger partial charge in [0.2, 0.25) is 0 Å². The van der Waals surface area contributed by atoms with Crippen molar-refractivity contribution in [3.63, 3.8) is 0 Å². The maximum Gasteiger partial charge on any atom is 0.307 e. The van der Waals surface area contributed by atoms with Crippen LogP contribution in [0.1, 0.15) is 106 Å². The van der Waals surface area contributed by atoms with E-state index >= 15 is 0 Å². The first-order chi connectivity index (χ1) is 15.2. The molecule has 0 aromatic heterocycles. The maximum atomic E-state index is 12.6. The van der Waals surface area contributed by atoms with Gasteiger partial charge in [0, 0.05) is 0 Å². The summed E-state index contributed by atoms with van der Waals surface area (Å²) < 4.78 is 0. The predicted octanol–water partition coefficient (Wildman–Crippen LogP) is 7.09. The number of aliphatic hydroxyl groups is 1. The number of carbonyl (C=O) groups is 1. The molecule has 0 aromatic carbocycles. The molecule has 186 valence electrons. The van der Waals surface area contributed by atoms with Crippen molar-refractivity contribution in [1.82, 2.24) is 0 Å². The lowest BCUT2D eigenvalue weighted by Gasteiger charge is -2.72. The van der Waals surface area contributed by atoms with Gasteiger partial charge in [0.1, 0.15) is 0 Å². The Bertz CT molecular complexity index is 870. The van der Waals surface area contributed by atoms with Crippen LogP contribution < -0.4 is 0 Å². The van der Waals surface area contributed by atoms with Gasteiger partial charge in [-0.15, -0.1) is 0 Å². The molecule has 4 fully saturated rings. The molecule has 5 rings (SSSR count). The number of fused-ring (bicyclic) bond motifs is 7. The Morgan fingerprint density at radius 3 is 2.21 bits per heavy atom. The predicted molar refractivity (Wildman–Crippen MR) is 133 cm³/mol. The van der Waals surface area contributed by atoms with Gasteiger partial charge in [-0.2, -0.15) is 0 Å².